The maximum absolute atomic E-state index is 11.7. The van der Waals surface area contributed by atoms with Crippen molar-refractivity contribution in [3.8, 4) is 16.9 Å². The number of primary amides is 1. The van der Waals surface area contributed by atoms with Gasteiger partial charge in [0.05, 0.1) is 5.56 Å². The quantitative estimate of drug-likeness (QED) is 0.754. The second kappa shape index (κ2) is 5.19. The van der Waals surface area contributed by atoms with E-state index in [4.69, 9.17) is 5.73 Å². The number of carbonyl (C=O) groups excluding carboxylic acids is 1. The fourth-order valence-electron chi connectivity index (χ4n) is 2.76. The van der Waals surface area contributed by atoms with E-state index in [-0.39, 0.29) is 11.3 Å². The maximum atomic E-state index is 11.7. The molecule has 3 rings (SSSR count). The summed E-state index contributed by atoms with van der Waals surface area (Å²) in [5.41, 5.74) is 9.55. The highest BCUT2D eigenvalue weighted by Gasteiger charge is 2.16. The molecule has 0 aliphatic rings. The zero-order valence-electron chi connectivity index (χ0n) is 12.3. The van der Waals surface area contributed by atoms with E-state index < -0.39 is 5.91 Å². The molecule has 0 spiro atoms. The van der Waals surface area contributed by atoms with Crippen molar-refractivity contribution in [1.29, 1.82) is 0 Å². The second-order valence-corrected chi connectivity index (χ2v) is 5.38. The minimum Gasteiger partial charge on any atom is -0.507 e. The molecule has 0 bridgehead atoms. The van der Waals surface area contributed by atoms with Gasteiger partial charge in [0.1, 0.15) is 5.75 Å². The summed E-state index contributed by atoms with van der Waals surface area (Å²) in [6, 6.07) is 15.0. The van der Waals surface area contributed by atoms with Gasteiger partial charge in [-0.25, -0.2) is 0 Å². The van der Waals surface area contributed by atoms with Gasteiger partial charge in [0.25, 0.3) is 5.91 Å². The first-order chi connectivity index (χ1) is 10.5. The summed E-state index contributed by atoms with van der Waals surface area (Å²) < 4.78 is 0. The number of nitrogens with two attached hydrogens (primary N) is 1. The molecule has 0 fully saturated rings. The van der Waals surface area contributed by atoms with Crippen molar-refractivity contribution in [3.63, 3.8) is 0 Å². The summed E-state index contributed by atoms with van der Waals surface area (Å²) >= 11 is 0. The van der Waals surface area contributed by atoms with Crippen LogP contribution in [0.1, 0.15) is 21.5 Å². The number of aromatic hydroxyl groups is 1. The van der Waals surface area contributed by atoms with Gasteiger partial charge in [-0.2, -0.15) is 0 Å². The molecule has 0 aliphatic carbocycles. The highest BCUT2D eigenvalue weighted by atomic mass is 16.3. The van der Waals surface area contributed by atoms with Crippen LogP contribution in [0.3, 0.4) is 0 Å². The van der Waals surface area contributed by atoms with Crippen LogP contribution < -0.4 is 5.73 Å². The Morgan fingerprint density at radius 3 is 2.27 bits per heavy atom. The molecular formula is C19H16NO2. The van der Waals surface area contributed by atoms with Crippen LogP contribution in [0.4, 0.5) is 0 Å². The van der Waals surface area contributed by atoms with Crippen molar-refractivity contribution in [2.45, 2.75) is 6.92 Å². The van der Waals surface area contributed by atoms with Crippen LogP contribution >= 0.6 is 0 Å². The first kappa shape index (κ1) is 14.1. The fourth-order valence-corrected chi connectivity index (χ4v) is 2.76. The van der Waals surface area contributed by atoms with Crippen molar-refractivity contribution < 1.29 is 9.90 Å². The standard InChI is InChI=1S/C19H16NO2/c1-11-3-6-13(7-4-11)17-12(2)5-8-15-14(17)9-10-16(21)18(15)19(20)22/h3-10,21H,2H2,1H3,(H2,20,22). The van der Waals surface area contributed by atoms with E-state index in [1.807, 2.05) is 37.3 Å². The summed E-state index contributed by atoms with van der Waals surface area (Å²) in [4.78, 5) is 11.7. The van der Waals surface area contributed by atoms with Gasteiger partial charge in [-0.15, -0.1) is 0 Å². The van der Waals surface area contributed by atoms with Gasteiger partial charge in [-0.1, -0.05) is 48.0 Å². The highest BCUT2D eigenvalue weighted by molar-refractivity contribution is 6.12. The van der Waals surface area contributed by atoms with E-state index in [2.05, 4.69) is 6.92 Å². The molecule has 0 aromatic heterocycles. The van der Waals surface area contributed by atoms with Crippen molar-refractivity contribution in [2.24, 2.45) is 5.73 Å². The predicted octanol–water partition coefficient (Wildman–Crippen LogP) is 3.80. The molecule has 3 nitrogen and oxygen atoms in total. The normalized spacial score (nSPS) is 10.8. The van der Waals surface area contributed by atoms with E-state index in [1.165, 1.54) is 11.6 Å². The molecule has 0 heterocycles. The predicted molar refractivity (Wildman–Crippen MR) is 88.8 cm³/mol. The summed E-state index contributed by atoms with van der Waals surface area (Å²) in [5.74, 6) is -0.749. The average molecular weight is 290 g/mol. The van der Waals surface area contributed by atoms with Gasteiger partial charge in [-0.3, -0.25) is 4.79 Å². The lowest BCUT2D eigenvalue weighted by molar-refractivity contribution is 0.0999. The van der Waals surface area contributed by atoms with Crippen molar-refractivity contribution in [2.75, 3.05) is 0 Å². The van der Waals surface area contributed by atoms with Gasteiger partial charge in [0.2, 0.25) is 0 Å². The Bertz CT molecular complexity index is 880. The molecule has 1 amide bonds. The van der Waals surface area contributed by atoms with Crippen LogP contribution in [0.2, 0.25) is 0 Å². The molecule has 1 radical (unpaired) electrons. The zero-order chi connectivity index (χ0) is 15.9. The van der Waals surface area contributed by atoms with Crippen molar-refractivity contribution in [1.82, 2.24) is 0 Å². The Kier molecular flexibility index (Phi) is 3.33. The zero-order valence-corrected chi connectivity index (χ0v) is 12.3. The largest absolute Gasteiger partial charge is 0.507 e. The fraction of sp³-hybridized carbons (Fsp3) is 0.0526. The molecule has 3 aromatic carbocycles. The van der Waals surface area contributed by atoms with E-state index in [0.717, 1.165) is 22.1 Å². The molecule has 109 valence electrons. The van der Waals surface area contributed by atoms with Gasteiger partial charge >= 0.3 is 0 Å². The Labute approximate surface area is 129 Å². The maximum Gasteiger partial charge on any atom is 0.253 e. The third-order valence-electron chi connectivity index (χ3n) is 3.85. The van der Waals surface area contributed by atoms with Gasteiger partial charge in [0, 0.05) is 0 Å². The highest BCUT2D eigenvalue weighted by Crippen LogP contribution is 2.36. The lowest BCUT2D eigenvalue weighted by atomic mass is 9.91. The van der Waals surface area contributed by atoms with Gasteiger partial charge in [-0.05, 0) is 47.4 Å². The van der Waals surface area contributed by atoms with Gasteiger partial charge in [0.15, 0.2) is 0 Å². The SMILES string of the molecule is [CH2]c1ccc2c(C(N)=O)c(O)ccc2c1-c1ccc(C)cc1. The molecule has 3 aromatic rings. The lowest BCUT2D eigenvalue weighted by Gasteiger charge is -2.13. The van der Waals surface area contributed by atoms with Crippen LogP contribution in [0.15, 0.2) is 48.5 Å². The Hall–Kier alpha value is -2.81. The molecule has 0 unspecified atom stereocenters. The molecular weight excluding hydrogens is 274 g/mol. The molecule has 3 N–H and O–H groups in total. The van der Waals surface area contributed by atoms with Crippen molar-refractivity contribution >= 4 is 16.7 Å². The molecule has 3 heteroatoms. The first-order valence-electron chi connectivity index (χ1n) is 6.96. The number of rotatable bonds is 2. The molecule has 0 aliphatic heterocycles. The minimum absolute atomic E-state index is 0.105. The Morgan fingerprint density at radius 2 is 1.64 bits per heavy atom. The monoisotopic (exact) mass is 290 g/mol. The minimum atomic E-state index is -0.644. The Morgan fingerprint density at radius 1 is 1.00 bits per heavy atom. The number of fused-ring (bicyclic) bond motifs is 1. The molecule has 0 atom stereocenters. The van der Waals surface area contributed by atoms with E-state index in [9.17, 15) is 9.90 Å². The summed E-state index contributed by atoms with van der Waals surface area (Å²) in [7, 11) is 0. The van der Waals surface area contributed by atoms with E-state index in [1.54, 1.807) is 12.1 Å². The van der Waals surface area contributed by atoms with Crippen LogP contribution in [0.5, 0.6) is 5.75 Å². The Balaban J connectivity index is 2.40. The first-order valence-corrected chi connectivity index (χ1v) is 6.96. The van der Waals surface area contributed by atoms with Gasteiger partial charge < -0.3 is 10.8 Å². The average Bonchev–Trinajstić information content (AvgIpc) is 2.48. The smallest absolute Gasteiger partial charge is 0.253 e. The molecule has 0 saturated heterocycles. The summed E-state index contributed by atoms with van der Waals surface area (Å²) in [6.45, 7) is 6.12. The van der Waals surface area contributed by atoms with Crippen LogP contribution in [-0.4, -0.2) is 11.0 Å². The summed E-state index contributed by atoms with van der Waals surface area (Å²) in [5, 5.41) is 11.4. The number of amides is 1. The molecule has 0 saturated carbocycles. The topological polar surface area (TPSA) is 63.3 Å². The van der Waals surface area contributed by atoms with Crippen molar-refractivity contribution in [3.05, 3.63) is 72.1 Å². The van der Waals surface area contributed by atoms with Crippen LogP contribution in [0, 0.1) is 13.8 Å². The van der Waals surface area contributed by atoms with E-state index >= 15 is 0 Å². The number of hydrogen-bond acceptors (Lipinski definition) is 2. The van der Waals surface area contributed by atoms with Crippen LogP contribution in [-0.2, 0) is 0 Å². The number of carbonyl (C=O) groups is 1. The lowest BCUT2D eigenvalue weighted by Crippen LogP contribution is -2.12. The second-order valence-electron chi connectivity index (χ2n) is 5.38. The number of phenols is 1. The van der Waals surface area contributed by atoms with E-state index in [0.29, 0.717) is 5.39 Å². The van der Waals surface area contributed by atoms with Crippen LogP contribution in [0.25, 0.3) is 21.9 Å². The third kappa shape index (κ3) is 2.21. The summed E-state index contributed by atoms with van der Waals surface area (Å²) in [6.07, 6.45) is 0. The number of hydrogen-bond donors (Lipinski definition) is 2. The third-order valence-corrected chi connectivity index (χ3v) is 3.85. The number of aryl methyl sites for hydroxylation is 1. The molecule has 22 heavy (non-hydrogen) atoms. The number of benzene rings is 3.